The average Bonchev–Trinajstić information content (AvgIpc) is 2.97. The lowest BCUT2D eigenvalue weighted by molar-refractivity contribution is 0.330. The number of phenols is 1. The lowest BCUT2D eigenvalue weighted by Crippen LogP contribution is -2.37. The molecule has 26 heavy (non-hydrogen) atoms. The topological polar surface area (TPSA) is 74.2 Å². The molecule has 6 heteroatoms. The Labute approximate surface area is 155 Å². The highest BCUT2D eigenvalue weighted by Gasteiger charge is 2.20. The van der Waals surface area contributed by atoms with E-state index < -0.39 is 0 Å². The van der Waals surface area contributed by atoms with Crippen LogP contribution in [-0.2, 0) is 5.41 Å². The second-order valence-electron chi connectivity index (χ2n) is 8.22. The maximum atomic E-state index is 10.4. The molecule has 1 N–H and O–H groups in total. The van der Waals surface area contributed by atoms with Crippen molar-refractivity contribution in [2.75, 3.05) is 4.90 Å². The van der Waals surface area contributed by atoms with Gasteiger partial charge in [0.25, 0.3) is 0 Å². The van der Waals surface area contributed by atoms with Gasteiger partial charge in [0.2, 0.25) is 5.82 Å². The lowest BCUT2D eigenvalue weighted by atomic mass is 9.93. The molecule has 6 nitrogen and oxygen atoms in total. The van der Waals surface area contributed by atoms with E-state index in [9.17, 15) is 5.11 Å². The highest BCUT2D eigenvalue weighted by Crippen LogP contribution is 2.37. The van der Waals surface area contributed by atoms with E-state index in [0.717, 1.165) is 17.0 Å². The first kappa shape index (κ1) is 19.9. The molecule has 0 spiro atoms. The van der Waals surface area contributed by atoms with Crippen LogP contribution >= 0.6 is 0 Å². The van der Waals surface area contributed by atoms with Crippen molar-refractivity contribution in [2.45, 2.75) is 72.9 Å². The summed E-state index contributed by atoms with van der Waals surface area (Å²) < 4.78 is 5.30. The van der Waals surface area contributed by atoms with Crippen molar-refractivity contribution in [1.29, 1.82) is 0 Å². The predicted octanol–water partition coefficient (Wildman–Crippen LogP) is 6.02. The highest BCUT2D eigenvalue weighted by atomic mass is 16.5. The van der Waals surface area contributed by atoms with Gasteiger partial charge in [-0.3, -0.25) is 0 Å². The first-order valence-corrected chi connectivity index (χ1v) is 9.01. The van der Waals surface area contributed by atoms with Crippen LogP contribution in [0, 0.1) is 6.92 Å². The Bertz CT molecular complexity index is 778. The van der Waals surface area contributed by atoms with E-state index in [2.05, 4.69) is 48.0 Å². The zero-order valence-electron chi connectivity index (χ0n) is 17.0. The molecule has 0 aliphatic carbocycles. The molecule has 0 aliphatic rings. The van der Waals surface area contributed by atoms with Crippen LogP contribution in [0.3, 0.4) is 0 Å². The summed E-state index contributed by atoms with van der Waals surface area (Å²) >= 11 is 0. The summed E-state index contributed by atoms with van der Waals surface area (Å²) in [4.78, 5) is 2.27. The van der Waals surface area contributed by atoms with Gasteiger partial charge in [-0.2, -0.15) is 0 Å². The van der Waals surface area contributed by atoms with Crippen LogP contribution in [0.1, 0.15) is 59.8 Å². The first-order valence-electron chi connectivity index (χ1n) is 9.01. The molecule has 0 atom stereocenters. The van der Waals surface area contributed by atoms with Gasteiger partial charge in [-0.05, 0) is 46.2 Å². The third-order valence-corrected chi connectivity index (χ3v) is 4.18. The zero-order valence-corrected chi connectivity index (χ0v) is 17.0. The largest absolute Gasteiger partial charge is 0.506 e. The number of azo groups is 1. The minimum atomic E-state index is -0.141. The van der Waals surface area contributed by atoms with E-state index in [-0.39, 0.29) is 11.2 Å². The Morgan fingerprint density at radius 2 is 1.65 bits per heavy atom. The summed E-state index contributed by atoms with van der Waals surface area (Å²) in [5.41, 5.74) is 2.31. The van der Waals surface area contributed by atoms with E-state index >= 15 is 0 Å². The molecule has 1 heterocycles. The normalized spacial score (nSPS) is 12.5. The first-order chi connectivity index (χ1) is 12.0. The molecular formula is C20H30N4O2. The highest BCUT2D eigenvalue weighted by molar-refractivity contribution is 5.66. The number of aromatic hydroxyl groups is 1. The molecule has 2 rings (SSSR count). The van der Waals surface area contributed by atoms with Crippen LogP contribution in [0.15, 0.2) is 33.0 Å². The quantitative estimate of drug-likeness (QED) is 0.663. The zero-order chi connectivity index (χ0) is 19.6. The van der Waals surface area contributed by atoms with Crippen LogP contribution in [0.2, 0.25) is 0 Å². The average molecular weight is 358 g/mol. The fourth-order valence-corrected chi connectivity index (χ4v) is 2.95. The van der Waals surface area contributed by atoms with E-state index in [4.69, 9.17) is 4.52 Å². The number of hydrogen-bond donors (Lipinski definition) is 1. The molecule has 0 bridgehead atoms. The van der Waals surface area contributed by atoms with Crippen molar-refractivity contribution in [1.82, 2.24) is 5.16 Å². The molecule has 0 fully saturated rings. The second kappa shape index (κ2) is 7.48. The SMILES string of the molecule is Cc1cc(N=Nc2cc(C(C)(C)C)on2)c(O)cc1N(C(C)C)C(C)C. The summed E-state index contributed by atoms with van der Waals surface area (Å²) in [6, 6.07) is 6.02. The van der Waals surface area contributed by atoms with Crippen LogP contribution in [-0.4, -0.2) is 22.3 Å². The van der Waals surface area contributed by atoms with Gasteiger partial charge in [-0.1, -0.05) is 25.9 Å². The second-order valence-corrected chi connectivity index (χ2v) is 8.22. The maximum absolute atomic E-state index is 10.4. The molecule has 142 valence electrons. The molecule has 1 aromatic carbocycles. The number of hydrogen-bond acceptors (Lipinski definition) is 6. The lowest BCUT2D eigenvalue weighted by Gasteiger charge is -2.34. The van der Waals surface area contributed by atoms with E-state index in [1.807, 2.05) is 33.8 Å². The van der Waals surface area contributed by atoms with Gasteiger partial charge in [0.1, 0.15) is 17.2 Å². The van der Waals surface area contributed by atoms with Gasteiger partial charge in [0.15, 0.2) is 0 Å². The van der Waals surface area contributed by atoms with Gasteiger partial charge in [0, 0.05) is 35.3 Å². The van der Waals surface area contributed by atoms with Gasteiger partial charge in [-0.15, -0.1) is 10.2 Å². The van der Waals surface area contributed by atoms with Crippen LogP contribution < -0.4 is 4.90 Å². The summed E-state index contributed by atoms with van der Waals surface area (Å²) in [5.74, 6) is 1.23. The van der Waals surface area contributed by atoms with Gasteiger partial charge < -0.3 is 14.5 Å². The number of anilines is 1. The number of phenolic OH excluding ortho intramolecular Hbond substituents is 1. The molecule has 0 saturated heterocycles. The number of nitrogens with zero attached hydrogens (tertiary/aromatic N) is 4. The van der Waals surface area contributed by atoms with Crippen molar-refractivity contribution >= 4 is 17.2 Å². The molecule has 1 aromatic heterocycles. The molecule has 0 radical (unpaired) electrons. The maximum Gasteiger partial charge on any atom is 0.217 e. The van der Waals surface area contributed by atoms with E-state index in [1.165, 1.54) is 0 Å². The fourth-order valence-electron chi connectivity index (χ4n) is 2.95. The fraction of sp³-hybridized carbons (Fsp3) is 0.550. The van der Waals surface area contributed by atoms with Crippen molar-refractivity contribution < 1.29 is 9.63 Å². The minimum Gasteiger partial charge on any atom is -0.506 e. The van der Waals surface area contributed by atoms with Crippen molar-refractivity contribution in [3.05, 3.63) is 29.5 Å². The monoisotopic (exact) mass is 358 g/mol. The predicted molar refractivity (Wildman–Crippen MR) is 105 cm³/mol. The number of benzene rings is 1. The summed E-state index contributed by atoms with van der Waals surface area (Å²) in [5, 5.41) is 22.6. The third kappa shape index (κ3) is 4.42. The summed E-state index contributed by atoms with van der Waals surface area (Å²) in [7, 11) is 0. The van der Waals surface area contributed by atoms with Crippen molar-refractivity contribution in [3.8, 4) is 5.75 Å². The molecule has 0 aliphatic heterocycles. The van der Waals surface area contributed by atoms with Crippen molar-refractivity contribution in [2.24, 2.45) is 10.2 Å². The number of aromatic nitrogens is 1. The molecular weight excluding hydrogens is 328 g/mol. The van der Waals surface area contributed by atoms with Crippen LogP contribution in [0.25, 0.3) is 0 Å². The van der Waals surface area contributed by atoms with Crippen LogP contribution in [0.4, 0.5) is 17.2 Å². The Balaban J connectivity index is 2.32. The Morgan fingerprint density at radius 3 is 2.15 bits per heavy atom. The molecule has 2 aromatic rings. The Kier molecular flexibility index (Phi) is 5.74. The summed E-state index contributed by atoms with van der Waals surface area (Å²) in [6.07, 6.45) is 0. The summed E-state index contributed by atoms with van der Waals surface area (Å²) in [6.45, 7) is 16.7. The third-order valence-electron chi connectivity index (χ3n) is 4.18. The van der Waals surface area contributed by atoms with Gasteiger partial charge >= 0.3 is 0 Å². The number of rotatable bonds is 5. The van der Waals surface area contributed by atoms with Crippen molar-refractivity contribution in [3.63, 3.8) is 0 Å². The van der Waals surface area contributed by atoms with Crippen LogP contribution in [0.5, 0.6) is 5.75 Å². The molecule has 0 saturated carbocycles. The number of aryl methyl sites for hydroxylation is 1. The molecule has 0 amide bonds. The van der Waals surface area contributed by atoms with E-state index in [0.29, 0.717) is 23.6 Å². The Morgan fingerprint density at radius 1 is 1.04 bits per heavy atom. The smallest absolute Gasteiger partial charge is 0.217 e. The van der Waals surface area contributed by atoms with E-state index in [1.54, 1.807) is 12.1 Å². The minimum absolute atomic E-state index is 0.0974. The molecule has 0 unspecified atom stereocenters. The van der Waals surface area contributed by atoms with Gasteiger partial charge in [0.05, 0.1) is 0 Å². The van der Waals surface area contributed by atoms with Gasteiger partial charge in [-0.25, -0.2) is 0 Å². The Hall–Kier alpha value is -2.37. The standard InChI is InChI=1S/C20H30N4O2/c1-12(2)24(13(3)4)16-10-17(25)15(9-14(16)5)21-22-19-11-18(26-23-19)20(6,7)8/h9-13,25H,1-8H3.